The van der Waals surface area contributed by atoms with E-state index in [-0.39, 0.29) is 17.7 Å². The van der Waals surface area contributed by atoms with Gasteiger partial charge < -0.3 is 25.4 Å². The van der Waals surface area contributed by atoms with Crippen LogP contribution in [0.4, 0.5) is 0 Å². The minimum atomic E-state index is -0.633. The smallest absolute Gasteiger partial charge is 0.270 e. The van der Waals surface area contributed by atoms with Gasteiger partial charge in [-0.15, -0.1) is 0 Å². The molecule has 0 unspecified atom stereocenters. The number of hydrogen-bond donors (Lipinski definition) is 2. The molecule has 0 radical (unpaired) electrons. The van der Waals surface area contributed by atoms with Crippen molar-refractivity contribution in [3.05, 3.63) is 77.5 Å². The maximum Gasteiger partial charge on any atom is 0.270 e. The van der Waals surface area contributed by atoms with E-state index in [1.165, 1.54) is 11.8 Å². The van der Waals surface area contributed by atoms with E-state index in [9.17, 15) is 4.79 Å². The molecule has 7 heteroatoms. The Balaban J connectivity index is 1.62. The molecule has 2 aromatic carbocycles. The van der Waals surface area contributed by atoms with Gasteiger partial charge in [0, 0.05) is 5.41 Å². The van der Waals surface area contributed by atoms with Crippen molar-refractivity contribution in [2.24, 2.45) is 11.5 Å². The quantitative estimate of drug-likeness (QED) is 0.496. The Kier molecular flexibility index (Phi) is 6.74. The van der Waals surface area contributed by atoms with Crippen LogP contribution in [0.25, 0.3) is 0 Å². The van der Waals surface area contributed by atoms with Gasteiger partial charge in [0.15, 0.2) is 12.3 Å². The van der Waals surface area contributed by atoms with Crippen LogP contribution in [0, 0.1) is 0 Å². The maximum atomic E-state index is 11.1. The van der Waals surface area contributed by atoms with Gasteiger partial charge in [-0.05, 0) is 48.4 Å². The second-order valence-corrected chi connectivity index (χ2v) is 7.44. The Labute approximate surface area is 176 Å². The number of hydrogen-bond acceptors (Lipinski definition) is 6. The number of carbonyl (C=O) groups is 1. The van der Waals surface area contributed by atoms with Crippen molar-refractivity contribution in [3.63, 3.8) is 0 Å². The predicted octanol–water partition coefficient (Wildman–Crippen LogP) is 3.41. The third-order valence-electron chi connectivity index (χ3n) is 4.94. The lowest BCUT2D eigenvalue weighted by Gasteiger charge is -2.26. The molecular weight excluding hydrogens is 382 g/mol. The summed E-state index contributed by atoms with van der Waals surface area (Å²) in [5, 5.41) is 0. The van der Waals surface area contributed by atoms with Gasteiger partial charge in [-0.3, -0.25) is 4.79 Å². The average Bonchev–Trinajstić information content (AvgIpc) is 3.23. The summed E-state index contributed by atoms with van der Waals surface area (Å²) in [6.45, 7) is 5.70. The van der Waals surface area contributed by atoms with Crippen LogP contribution in [0.1, 0.15) is 47.8 Å². The van der Waals surface area contributed by atoms with Crippen LogP contribution in [0.15, 0.2) is 59.2 Å². The van der Waals surface area contributed by atoms with Gasteiger partial charge in [-0.2, -0.15) is 0 Å². The molecule has 0 aliphatic heterocycles. The number of oxazole rings is 1. The molecule has 0 spiro atoms. The zero-order valence-corrected chi connectivity index (χ0v) is 17.3. The van der Waals surface area contributed by atoms with E-state index >= 15 is 0 Å². The molecule has 158 valence electrons. The van der Waals surface area contributed by atoms with Crippen molar-refractivity contribution in [3.8, 4) is 11.5 Å². The van der Waals surface area contributed by atoms with Gasteiger partial charge in [0.05, 0.1) is 6.61 Å². The van der Waals surface area contributed by atoms with Crippen molar-refractivity contribution in [2.75, 3.05) is 13.2 Å². The van der Waals surface area contributed by atoms with E-state index in [0.717, 1.165) is 17.7 Å². The molecule has 7 nitrogen and oxygen atoms in total. The standard InChI is InChI=1S/C23H27N3O4/c1-23(2,16-4-8-18(9-5-16)28-13-3-12-24)17-6-10-19(11-7-17)29-15-21-26-20(14-30-21)22(25)27/h4-11,14H,3,12-13,15,24H2,1-2H3,(H2,25,27). The highest BCUT2D eigenvalue weighted by Crippen LogP contribution is 2.33. The molecule has 3 rings (SSSR count). The van der Waals surface area contributed by atoms with Gasteiger partial charge in [-0.25, -0.2) is 4.98 Å². The molecule has 1 amide bonds. The summed E-state index contributed by atoms with van der Waals surface area (Å²) in [5.41, 5.74) is 12.9. The van der Waals surface area contributed by atoms with E-state index in [1.54, 1.807) is 0 Å². The lowest BCUT2D eigenvalue weighted by Crippen LogP contribution is -2.18. The molecule has 0 aliphatic rings. The second kappa shape index (κ2) is 9.45. The molecule has 1 aromatic heterocycles. The van der Waals surface area contributed by atoms with E-state index in [4.69, 9.17) is 25.4 Å². The van der Waals surface area contributed by atoms with Crippen LogP contribution in [-0.4, -0.2) is 24.0 Å². The fraction of sp³-hybridized carbons (Fsp3) is 0.304. The minimum absolute atomic E-state index is 0.0847. The van der Waals surface area contributed by atoms with Crippen molar-refractivity contribution in [1.82, 2.24) is 4.98 Å². The normalized spacial score (nSPS) is 11.3. The average molecular weight is 409 g/mol. The first kappa shape index (κ1) is 21.4. The molecule has 30 heavy (non-hydrogen) atoms. The summed E-state index contributed by atoms with van der Waals surface area (Å²) in [4.78, 5) is 15.0. The number of rotatable bonds is 10. The second-order valence-electron chi connectivity index (χ2n) is 7.44. The zero-order valence-electron chi connectivity index (χ0n) is 17.3. The Morgan fingerprint density at radius 3 is 2.07 bits per heavy atom. The van der Waals surface area contributed by atoms with E-state index in [0.29, 0.717) is 24.8 Å². The summed E-state index contributed by atoms with van der Waals surface area (Å²) in [7, 11) is 0. The van der Waals surface area contributed by atoms with Crippen LogP contribution in [0.3, 0.4) is 0 Å². The van der Waals surface area contributed by atoms with Crippen LogP contribution in [0.2, 0.25) is 0 Å². The number of aromatic nitrogens is 1. The molecule has 0 bridgehead atoms. The van der Waals surface area contributed by atoms with Crippen LogP contribution in [0.5, 0.6) is 11.5 Å². The lowest BCUT2D eigenvalue weighted by atomic mass is 9.78. The number of nitrogens with zero attached hydrogens (tertiary/aromatic N) is 1. The third kappa shape index (κ3) is 5.18. The van der Waals surface area contributed by atoms with Gasteiger partial charge in [0.1, 0.15) is 17.8 Å². The Bertz CT molecular complexity index is 963. The SMILES string of the molecule is CC(C)(c1ccc(OCCCN)cc1)c1ccc(OCc2nc(C(N)=O)co2)cc1. The van der Waals surface area contributed by atoms with Crippen LogP contribution < -0.4 is 20.9 Å². The van der Waals surface area contributed by atoms with Crippen LogP contribution in [-0.2, 0) is 12.0 Å². The summed E-state index contributed by atoms with van der Waals surface area (Å²) >= 11 is 0. The number of benzene rings is 2. The van der Waals surface area contributed by atoms with Gasteiger partial charge in [0.2, 0.25) is 5.89 Å². The number of ether oxygens (including phenoxy) is 2. The molecule has 1 heterocycles. The fourth-order valence-electron chi connectivity index (χ4n) is 3.01. The maximum absolute atomic E-state index is 11.1. The topological polar surface area (TPSA) is 114 Å². The molecule has 0 aliphatic carbocycles. The van der Waals surface area contributed by atoms with E-state index in [2.05, 4.69) is 31.0 Å². The van der Waals surface area contributed by atoms with Crippen molar-refractivity contribution in [2.45, 2.75) is 32.3 Å². The van der Waals surface area contributed by atoms with E-state index < -0.39 is 5.91 Å². The van der Waals surface area contributed by atoms with E-state index in [1.807, 2.05) is 36.4 Å². The highest BCUT2D eigenvalue weighted by Gasteiger charge is 2.23. The molecule has 0 saturated carbocycles. The molecule has 4 N–H and O–H groups in total. The largest absolute Gasteiger partial charge is 0.494 e. The Hall–Kier alpha value is -3.32. The number of amides is 1. The highest BCUT2D eigenvalue weighted by molar-refractivity contribution is 5.90. The van der Waals surface area contributed by atoms with Gasteiger partial charge >= 0.3 is 0 Å². The first-order valence-electron chi connectivity index (χ1n) is 9.81. The van der Waals surface area contributed by atoms with Gasteiger partial charge in [-0.1, -0.05) is 38.1 Å². The minimum Gasteiger partial charge on any atom is -0.494 e. The molecular formula is C23H27N3O4. The van der Waals surface area contributed by atoms with Gasteiger partial charge in [0.25, 0.3) is 5.91 Å². The van der Waals surface area contributed by atoms with Crippen LogP contribution >= 0.6 is 0 Å². The summed E-state index contributed by atoms with van der Waals surface area (Å²) in [6, 6.07) is 16.0. The summed E-state index contributed by atoms with van der Waals surface area (Å²) in [5.74, 6) is 1.18. The monoisotopic (exact) mass is 409 g/mol. The van der Waals surface area contributed by atoms with Crippen molar-refractivity contribution in [1.29, 1.82) is 0 Å². The summed E-state index contributed by atoms with van der Waals surface area (Å²) < 4.78 is 16.5. The lowest BCUT2D eigenvalue weighted by molar-refractivity contribution is 0.0995. The molecule has 0 fully saturated rings. The number of carbonyl (C=O) groups excluding carboxylic acids is 1. The number of nitrogens with two attached hydrogens (primary N) is 2. The molecule has 0 atom stereocenters. The fourth-order valence-corrected chi connectivity index (χ4v) is 3.01. The first-order chi connectivity index (χ1) is 14.4. The van der Waals surface area contributed by atoms with Crippen molar-refractivity contribution < 1.29 is 18.7 Å². The molecule has 0 saturated heterocycles. The summed E-state index contributed by atoms with van der Waals surface area (Å²) in [6.07, 6.45) is 2.06. The zero-order chi connectivity index (χ0) is 21.6. The number of primary amides is 1. The Morgan fingerprint density at radius 2 is 1.57 bits per heavy atom. The highest BCUT2D eigenvalue weighted by atomic mass is 16.5. The third-order valence-corrected chi connectivity index (χ3v) is 4.94. The molecule has 3 aromatic rings. The Morgan fingerprint density at radius 1 is 1.00 bits per heavy atom. The predicted molar refractivity (Wildman–Crippen MR) is 114 cm³/mol. The first-order valence-corrected chi connectivity index (χ1v) is 9.81. The van der Waals surface area contributed by atoms with Crippen molar-refractivity contribution >= 4 is 5.91 Å².